The number of cyclic esters (lactones) is 1. The summed E-state index contributed by atoms with van der Waals surface area (Å²) in [5.41, 5.74) is 10.3. The largest absolute Gasteiger partial charge is 0.464 e. The van der Waals surface area contributed by atoms with Crippen LogP contribution in [0.3, 0.4) is 0 Å². The van der Waals surface area contributed by atoms with Crippen LogP contribution in [0, 0.1) is 23.2 Å². The molecule has 0 radical (unpaired) electrons. The molecular formula is C52H69N9O6S. The number of nitrogens with one attached hydrogen (secondary N) is 2. The summed E-state index contributed by atoms with van der Waals surface area (Å²) in [5.74, 6) is -0.867. The highest BCUT2D eigenvalue weighted by Gasteiger charge is 2.43. The number of allylic oxidation sites excluding steroid dienone is 1. The molecule has 4 amide bonds. The van der Waals surface area contributed by atoms with Gasteiger partial charge in [0.1, 0.15) is 18.1 Å². The van der Waals surface area contributed by atoms with Crippen molar-refractivity contribution in [1.82, 2.24) is 45.0 Å². The SMILES string of the molecule is C=CC(=C)N1CC[C@@H]2CN(C(=O)N(C)[C@H](C(=O)N[C@H]3Cc4nc(cs4)-c4ccc5c(c4)c(c(-c4cccnc4[C@H](C)OC)n5CC)CC(C)(C)COC(=O)[C@@H]4CCCN(N4)C3=O)C(C)C)C[C@@H]2C1. The maximum absolute atomic E-state index is 14.7. The minimum absolute atomic E-state index is 0.104. The van der Waals surface area contributed by atoms with Crippen LogP contribution in [0.15, 0.2) is 66.8 Å². The number of fused-ring (bicyclic) bond motifs is 7. The van der Waals surface area contributed by atoms with Crippen molar-refractivity contribution in [2.45, 2.75) is 104 Å². The second-order valence-electron chi connectivity index (χ2n) is 20.2. The van der Waals surface area contributed by atoms with Gasteiger partial charge in [0.25, 0.3) is 5.91 Å². The van der Waals surface area contributed by atoms with Crippen LogP contribution in [0.5, 0.6) is 0 Å². The predicted octanol–water partition coefficient (Wildman–Crippen LogP) is 7.23. The van der Waals surface area contributed by atoms with Crippen LogP contribution in [0.4, 0.5) is 4.79 Å². The first-order valence-corrected chi connectivity index (χ1v) is 25.1. The van der Waals surface area contributed by atoms with Crippen molar-refractivity contribution in [1.29, 1.82) is 0 Å². The number of esters is 1. The lowest BCUT2D eigenvalue weighted by atomic mass is 9.84. The zero-order valence-corrected chi connectivity index (χ0v) is 41.9. The van der Waals surface area contributed by atoms with Gasteiger partial charge < -0.3 is 34.1 Å². The van der Waals surface area contributed by atoms with Crippen LogP contribution < -0.4 is 10.7 Å². The van der Waals surface area contributed by atoms with Gasteiger partial charge in [-0.1, -0.05) is 46.9 Å². The number of likely N-dealkylation sites (N-methyl/N-ethyl adjacent to an activating group) is 1. The van der Waals surface area contributed by atoms with Crippen LogP contribution in [0.2, 0.25) is 0 Å². The van der Waals surface area contributed by atoms with Gasteiger partial charge in [0.05, 0.1) is 34.8 Å². The number of carbonyl (C=O) groups is 4. The van der Waals surface area contributed by atoms with E-state index in [0.717, 1.165) is 69.9 Å². The first-order valence-electron chi connectivity index (χ1n) is 24.2. The lowest BCUT2D eigenvalue weighted by Crippen LogP contribution is -2.62. The van der Waals surface area contributed by atoms with E-state index in [-0.39, 0.29) is 31.1 Å². The summed E-state index contributed by atoms with van der Waals surface area (Å²) in [6.45, 7) is 24.3. The number of methoxy groups -OCH3 is 1. The van der Waals surface area contributed by atoms with Crippen LogP contribution in [0.25, 0.3) is 33.4 Å². The maximum Gasteiger partial charge on any atom is 0.324 e. The standard InChI is InChI=1S/C52H69N9O6S/c1-11-32(5)58-22-19-35-26-59(28-36(35)27-58)51(65)57(9)46(31(3)4)48(62)55-41-24-44-54-42(29-68-44)34-17-18-43-38(23-34)39(47(60(43)12-2)37-15-13-20-53-45(37)33(6)66-10)25-52(7,8)30-67-50(64)40-16-14-21-61(56-40)49(41)63/h11,13,15,17-18,20,23,29,31,33,35-36,40-41,46,56H,1,5,12,14,16,19,21-22,24-28,30H2,2-4,6-10H3,(H,55,62)/t33-,35+,36-,40-,41-,46-/m0/s1. The third-order valence-electron chi connectivity index (χ3n) is 14.5. The van der Waals surface area contributed by atoms with Gasteiger partial charge in [-0.3, -0.25) is 24.4 Å². The molecule has 4 aromatic rings. The van der Waals surface area contributed by atoms with Gasteiger partial charge in [0.2, 0.25) is 5.91 Å². The molecular weight excluding hydrogens is 879 g/mol. The number of rotatable bonds is 10. The summed E-state index contributed by atoms with van der Waals surface area (Å²) in [6.07, 6.45) is 6.01. The number of ether oxygens (including phenoxy) is 2. The fraction of sp³-hybridized carbons (Fsp3) is 0.538. The predicted molar refractivity (Wildman–Crippen MR) is 265 cm³/mol. The lowest BCUT2D eigenvalue weighted by Gasteiger charge is -2.37. The van der Waals surface area contributed by atoms with Gasteiger partial charge in [-0.15, -0.1) is 11.3 Å². The smallest absolute Gasteiger partial charge is 0.324 e. The Morgan fingerprint density at radius 1 is 1.10 bits per heavy atom. The zero-order chi connectivity index (χ0) is 48.6. The molecule has 4 aliphatic heterocycles. The highest BCUT2D eigenvalue weighted by molar-refractivity contribution is 7.10. The number of aryl methyl sites for hydroxylation is 1. The molecule has 6 atom stereocenters. The third kappa shape index (κ3) is 9.82. The molecule has 7 heterocycles. The highest BCUT2D eigenvalue weighted by atomic mass is 32.1. The van der Waals surface area contributed by atoms with Crippen molar-refractivity contribution in [2.75, 3.05) is 53.5 Å². The third-order valence-corrected chi connectivity index (χ3v) is 15.4. The van der Waals surface area contributed by atoms with E-state index >= 15 is 0 Å². The van der Waals surface area contributed by atoms with Gasteiger partial charge in [0, 0.05) is 105 Å². The molecule has 3 saturated heterocycles. The molecule has 3 aromatic heterocycles. The maximum atomic E-state index is 14.7. The van der Waals surface area contributed by atoms with Gasteiger partial charge in [-0.25, -0.2) is 15.2 Å². The van der Waals surface area contributed by atoms with E-state index in [1.807, 2.05) is 37.1 Å². The Labute approximate surface area is 404 Å². The molecule has 0 saturated carbocycles. The molecule has 1 aromatic carbocycles. The number of pyridine rings is 1. The van der Waals surface area contributed by atoms with Gasteiger partial charge in [-0.05, 0) is 93.2 Å². The summed E-state index contributed by atoms with van der Waals surface area (Å²) < 4.78 is 14.3. The van der Waals surface area contributed by atoms with Gasteiger partial charge >= 0.3 is 12.0 Å². The van der Waals surface area contributed by atoms with Crippen LogP contribution in [0.1, 0.15) is 83.2 Å². The molecule has 6 bridgehead atoms. The lowest BCUT2D eigenvalue weighted by molar-refractivity contribution is -0.155. The Morgan fingerprint density at radius 3 is 2.60 bits per heavy atom. The summed E-state index contributed by atoms with van der Waals surface area (Å²) in [7, 11) is 3.37. The Hall–Kier alpha value is -5.58. The van der Waals surface area contributed by atoms with Crippen molar-refractivity contribution < 1.29 is 28.7 Å². The average Bonchev–Trinajstić information content (AvgIpc) is 4.07. The molecule has 2 N–H and O–H groups in total. The number of likely N-dealkylation sites (tertiary alicyclic amines) is 2. The molecule has 16 heteroatoms. The number of nitrogens with zero attached hydrogens (tertiary/aromatic N) is 7. The number of aromatic nitrogens is 3. The number of thiazole rings is 1. The van der Waals surface area contributed by atoms with Crippen molar-refractivity contribution >= 4 is 46.1 Å². The zero-order valence-electron chi connectivity index (χ0n) is 41.0. The molecule has 8 rings (SSSR count). The molecule has 4 aliphatic rings. The number of amides is 4. The van der Waals surface area contributed by atoms with E-state index in [0.29, 0.717) is 62.3 Å². The number of piperidine rings is 1. The number of urea groups is 1. The van der Waals surface area contributed by atoms with E-state index in [2.05, 4.69) is 78.4 Å². The molecule has 68 heavy (non-hydrogen) atoms. The number of carbonyl (C=O) groups excluding carboxylic acids is 4. The van der Waals surface area contributed by atoms with E-state index in [1.54, 1.807) is 26.4 Å². The normalized spacial score (nSPS) is 22.9. The summed E-state index contributed by atoms with van der Waals surface area (Å²) in [4.78, 5) is 73.1. The minimum Gasteiger partial charge on any atom is -0.464 e. The Bertz CT molecular complexity index is 2570. The Balaban J connectivity index is 1.12. The molecule has 3 fully saturated rings. The first kappa shape index (κ1) is 48.9. The van der Waals surface area contributed by atoms with E-state index in [9.17, 15) is 19.2 Å². The number of hydrazine groups is 1. The van der Waals surface area contributed by atoms with E-state index in [4.69, 9.17) is 19.4 Å². The van der Waals surface area contributed by atoms with Gasteiger partial charge in [0.15, 0.2) is 0 Å². The van der Waals surface area contributed by atoms with Crippen LogP contribution >= 0.6 is 11.3 Å². The summed E-state index contributed by atoms with van der Waals surface area (Å²) in [5, 5.41) is 8.26. The summed E-state index contributed by atoms with van der Waals surface area (Å²) in [6, 6.07) is 7.58. The summed E-state index contributed by atoms with van der Waals surface area (Å²) >= 11 is 1.43. The number of hydrogen-bond acceptors (Lipinski definition) is 11. The van der Waals surface area contributed by atoms with Gasteiger partial charge in [-0.2, -0.15) is 0 Å². The second-order valence-corrected chi connectivity index (χ2v) is 21.2. The Morgan fingerprint density at radius 2 is 1.87 bits per heavy atom. The fourth-order valence-corrected chi connectivity index (χ4v) is 11.7. The van der Waals surface area contributed by atoms with Crippen molar-refractivity contribution in [2.24, 2.45) is 23.2 Å². The number of hydrogen-bond donors (Lipinski definition) is 2. The van der Waals surface area contributed by atoms with Crippen LogP contribution in [-0.2, 0) is 43.2 Å². The van der Waals surface area contributed by atoms with Crippen molar-refractivity contribution in [3.8, 4) is 22.5 Å². The minimum atomic E-state index is -1.05. The highest BCUT2D eigenvalue weighted by Crippen LogP contribution is 2.42. The topological polar surface area (TPSA) is 154 Å². The molecule has 15 nitrogen and oxygen atoms in total. The van der Waals surface area contributed by atoms with E-state index in [1.165, 1.54) is 21.2 Å². The molecule has 0 unspecified atom stereocenters. The number of benzene rings is 1. The van der Waals surface area contributed by atoms with Crippen molar-refractivity contribution in [3.05, 3.63) is 83.1 Å². The monoisotopic (exact) mass is 948 g/mol. The molecule has 0 spiro atoms. The van der Waals surface area contributed by atoms with E-state index < -0.39 is 41.3 Å². The van der Waals surface area contributed by atoms with Crippen molar-refractivity contribution in [3.63, 3.8) is 0 Å². The average molecular weight is 948 g/mol. The molecule has 364 valence electrons. The molecule has 0 aliphatic carbocycles. The second kappa shape index (κ2) is 20.2. The Kier molecular flexibility index (Phi) is 14.5. The first-order chi connectivity index (χ1) is 32.5. The van der Waals surface area contributed by atoms with Crippen LogP contribution in [-0.4, -0.2) is 130 Å². The fourth-order valence-electron chi connectivity index (χ4n) is 10.8. The quantitative estimate of drug-likeness (QED) is 0.123.